The van der Waals surface area contributed by atoms with Crippen molar-refractivity contribution in [2.75, 3.05) is 7.05 Å². The van der Waals surface area contributed by atoms with Gasteiger partial charge in [0, 0.05) is 13.1 Å². The Hall–Kier alpha value is -1.10. The summed E-state index contributed by atoms with van der Waals surface area (Å²) in [7, 11) is 1.52. The van der Waals surface area contributed by atoms with E-state index in [1.54, 1.807) is 0 Å². The summed E-state index contributed by atoms with van der Waals surface area (Å²) in [6, 6.07) is 0. The summed E-state index contributed by atoms with van der Waals surface area (Å²) in [5, 5.41) is 4.85. The summed E-state index contributed by atoms with van der Waals surface area (Å²) in [6.45, 7) is 0. The largest absolute Gasteiger partial charge is 0.385 e. The molecular formula is C5H9N3OS. The van der Waals surface area contributed by atoms with Crippen LogP contribution in [0.25, 0.3) is 0 Å². The zero-order valence-electron chi connectivity index (χ0n) is 5.55. The lowest BCUT2D eigenvalue weighted by Crippen LogP contribution is -2.22. The number of hydrogen-bond donors (Lipinski definition) is 3. The van der Waals surface area contributed by atoms with Gasteiger partial charge >= 0.3 is 0 Å². The molecular weight excluding hydrogens is 150 g/mol. The Morgan fingerprint density at radius 3 is 2.70 bits per heavy atom. The van der Waals surface area contributed by atoms with E-state index in [2.05, 4.69) is 22.9 Å². The highest BCUT2D eigenvalue weighted by Crippen LogP contribution is 1.74. The molecule has 0 saturated carbocycles. The highest BCUT2D eigenvalue weighted by Gasteiger charge is 1.91. The van der Waals surface area contributed by atoms with E-state index in [0.29, 0.717) is 0 Å². The van der Waals surface area contributed by atoms with Gasteiger partial charge in [0.2, 0.25) is 5.91 Å². The fraction of sp³-hybridized carbons (Fsp3) is 0.200. The van der Waals surface area contributed by atoms with E-state index in [1.807, 2.05) is 0 Å². The minimum absolute atomic E-state index is 0.231. The van der Waals surface area contributed by atoms with Crippen LogP contribution in [-0.2, 0) is 4.79 Å². The summed E-state index contributed by atoms with van der Waals surface area (Å²) >= 11 is 4.43. The molecule has 0 rings (SSSR count). The lowest BCUT2D eigenvalue weighted by atomic mass is 10.5. The van der Waals surface area contributed by atoms with Crippen LogP contribution in [-0.4, -0.2) is 18.4 Å². The van der Waals surface area contributed by atoms with Gasteiger partial charge in [-0.05, 0) is 0 Å². The first-order valence-corrected chi connectivity index (χ1v) is 3.07. The van der Waals surface area contributed by atoms with Crippen molar-refractivity contribution in [2.24, 2.45) is 5.73 Å². The second-order valence-corrected chi connectivity index (χ2v) is 1.71. The molecule has 0 heterocycles. The highest BCUT2D eigenvalue weighted by molar-refractivity contribution is 7.78. The first kappa shape index (κ1) is 8.90. The minimum atomic E-state index is -0.262. The third kappa shape index (κ3) is 3.85. The summed E-state index contributed by atoms with van der Waals surface area (Å²) in [4.78, 5) is 10.5. The summed E-state index contributed by atoms with van der Waals surface area (Å²) in [5.41, 5.74) is 6.48. The van der Waals surface area contributed by atoms with Crippen LogP contribution >= 0.6 is 12.2 Å². The molecule has 0 fully saturated rings. The Morgan fingerprint density at radius 2 is 2.30 bits per heavy atom. The van der Waals surface area contributed by atoms with Gasteiger partial charge in [0.15, 0.2) is 0 Å². The van der Waals surface area contributed by atoms with Crippen molar-refractivity contribution in [3.63, 3.8) is 0 Å². The molecule has 5 heteroatoms. The van der Waals surface area contributed by atoms with E-state index in [1.165, 1.54) is 18.6 Å². The van der Waals surface area contributed by atoms with Crippen molar-refractivity contribution >= 4 is 23.6 Å². The number of carbonyl (C=O) groups is 1. The van der Waals surface area contributed by atoms with Gasteiger partial charge in [-0.1, -0.05) is 12.2 Å². The number of nitrogens with two attached hydrogens (primary N) is 1. The molecule has 0 bridgehead atoms. The molecule has 0 aliphatic rings. The lowest BCUT2D eigenvalue weighted by Gasteiger charge is -1.96. The predicted molar refractivity (Wildman–Crippen MR) is 43.1 cm³/mol. The van der Waals surface area contributed by atoms with Gasteiger partial charge in [-0.2, -0.15) is 0 Å². The average molecular weight is 159 g/mol. The topological polar surface area (TPSA) is 67.2 Å². The zero-order chi connectivity index (χ0) is 7.98. The van der Waals surface area contributed by atoms with Crippen LogP contribution in [0.3, 0.4) is 0 Å². The van der Waals surface area contributed by atoms with Gasteiger partial charge in [0.25, 0.3) is 0 Å². The van der Waals surface area contributed by atoms with Gasteiger partial charge in [-0.3, -0.25) is 4.79 Å². The molecule has 0 radical (unpaired) electrons. The fourth-order valence-corrected chi connectivity index (χ4v) is 0.459. The molecule has 0 saturated heterocycles. The Balaban J connectivity index is 3.88. The van der Waals surface area contributed by atoms with Gasteiger partial charge in [0.1, 0.15) is 5.82 Å². The van der Waals surface area contributed by atoms with Gasteiger partial charge < -0.3 is 16.4 Å². The number of likely N-dealkylation sites (N-methyl/N-ethyl adjacent to an activating group) is 1. The summed E-state index contributed by atoms with van der Waals surface area (Å²) in [5.74, 6) is -0.0313. The number of amides is 1. The zero-order valence-corrected chi connectivity index (χ0v) is 6.37. The molecule has 0 aromatic carbocycles. The van der Waals surface area contributed by atoms with E-state index < -0.39 is 0 Å². The first-order valence-electron chi connectivity index (χ1n) is 2.59. The van der Waals surface area contributed by atoms with Crippen molar-refractivity contribution in [3.05, 3.63) is 11.9 Å². The Labute approximate surface area is 64.5 Å². The van der Waals surface area contributed by atoms with Crippen molar-refractivity contribution in [3.8, 4) is 0 Å². The van der Waals surface area contributed by atoms with E-state index in [4.69, 9.17) is 5.73 Å². The maximum Gasteiger partial charge on any atom is 0.247 e. The third-order valence-corrected chi connectivity index (χ3v) is 0.876. The second-order valence-electron chi connectivity index (χ2n) is 1.48. The maximum absolute atomic E-state index is 10.5. The van der Waals surface area contributed by atoms with Crippen LogP contribution in [0.4, 0.5) is 0 Å². The number of rotatable bonds is 3. The van der Waals surface area contributed by atoms with Crippen LogP contribution in [0, 0.1) is 0 Å². The van der Waals surface area contributed by atoms with Crippen molar-refractivity contribution < 1.29 is 4.79 Å². The van der Waals surface area contributed by atoms with Gasteiger partial charge in [-0.25, -0.2) is 0 Å². The monoisotopic (exact) mass is 159 g/mol. The number of carbonyl (C=O) groups excluding carboxylic acids is 1. The molecule has 1 amide bonds. The molecule has 0 aliphatic carbocycles. The smallest absolute Gasteiger partial charge is 0.247 e. The van der Waals surface area contributed by atoms with E-state index >= 15 is 0 Å². The normalized spacial score (nSPS) is 10.3. The standard InChI is InChI=1S/C5H9N3OS/c1-7-5(9)2-4(6)8-3-10/h2-3H,6H2,1H3,(H,7,9)(H,8,10)/b4-2-. The van der Waals surface area contributed by atoms with Crippen LogP contribution < -0.4 is 16.4 Å². The van der Waals surface area contributed by atoms with E-state index in [9.17, 15) is 4.79 Å². The molecule has 10 heavy (non-hydrogen) atoms. The summed E-state index contributed by atoms with van der Waals surface area (Å²) in [6.07, 6.45) is 1.21. The lowest BCUT2D eigenvalue weighted by molar-refractivity contribution is -0.116. The Kier molecular flexibility index (Phi) is 4.23. The van der Waals surface area contributed by atoms with Crippen LogP contribution in [0.2, 0.25) is 0 Å². The first-order chi connectivity index (χ1) is 4.70. The summed E-state index contributed by atoms with van der Waals surface area (Å²) < 4.78 is 0. The molecule has 56 valence electrons. The highest BCUT2D eigenvalue weighted by atomic mass is 32.1. The molecule has 0 atom stereocenters. The fourth-order valence-electron chi connectivity index (χ4n) is 0.323. The molecule has 0 aliphatic heterocycles. The minimum Gasteiger partial charge on any atom is -0.385 e. The second kappa shape index (κ2) is 4.75. The van der Waals surface area contributed by atoms with Crippen LogP contribution in [0.5, 0.6) is 0 Å². The Morgan fingerprint density at radius 1 is 1.70 bits per heavy atom. The molecule has 4 N–H and O–H groups in total. The molecule has 0 aromatic heterocycles. The van der Waals surface area contributed by atoms with Gasteiger partial charge in [0.05, 0.1) is 5.49 Å². The van der Waals surface area contributed by atoms with Crippen LogP contribution in [0.15, 0.2) is 11.9 Å². The van der Waals surface area contributed by atoms with Crippen LogP contribution in [0.1, 0.15) is 0 Å². The molecule has 0 unspecified atom stereocenters. The maximum atomic E-state index is 10.5. The number of thiocarbonyl (C=S) groups is 1. The van der Waals surface area contributed by atoms with Crippen molar-refractivity contribution in [2.45, 2.75) is 0 Å². The van der Waals surface area contributed by atoms with Crippen molar-refractivity contribution in [1.29, 1.82) is 0 Å². The number of nitrogens with one attached hydrogen (secondary N) is 2. The SMILES string of the molecule is CNC(=O)/C=C(/N)NC=S. The predicted octanol–water partition coefficient (Wildman–Crippen LogP) is -0.921. The third-order valence-electron chi connectivity index (χ3n) is 0.759. The molecule has 4 nitrogen and oxygen atoms in total. The van der Waals surface area contributed by atoms with E-state index in [-0.39, 0.29) is 11.7 Å². The van der Waals surface area contributed by atoms with E-state index in [0.717, 1.165) is 0 Å². The quantitative estimate of drug-likeness (QED) is 0.368. The van der Waals surface area contributed by atoms with Gasteiger partial charge in [-0.15, -0.1) is 0 Å². The van der Waals surface area contributed by atoms with Crippen molar-refractivity contribution in [1.82, 2.24) is 10.6 Å². The molecule has 0 aromatic rings. The number of hydrogen-bond acceptors (Lipinski definition) is 3. The Bertz CT molecular complexity index is 166. The average Bonchev–Trinajstić information content (AvgIpc) is 1.88. The molecule has 0 spiro atoms.